The Morgan fingerprint density at radius 2 is 2.06 bits per heavy atom. The zero-order valence-electron chi connectivity index (χ0n) is 10.6. The maximum Gasteiger partial charge on any atom is 0.121 e. The van der Waals surface area contributed by atoms with E-state index in [1.54, 1.807) is 7.11 Å². The van der Waals surface area contributed by atoms with Crippen LogP contribution in [0.1, 0.15) is 19.4 Å². The summed E-state index contributed by atoms with van der Waals surface area (Å²) in [6.45, 7) is 6.44. The Balaban J connectivity index is 2.56. The van der Waals surface area contributed by atoms with Crippen LogP contribution in [0.5, 0.6) is 5.75 Å². The molecule has 0 atom stereocenters. The van der Waals surface area contributed by atoms with E-state index in [1.165, 1.54) is 5.56 Å². The van der Waals surface area contributed by atoms with Crippen LogP contribution in [0.15, 0.2) is 22.7 Å². The molecule has 0 saturated heterocycles. The Bertz CT molecular complexity index is 342. The minimum absolute atomic E-state index is 0.193. The fraction of sp³-hybridized carbons (Fsp3) is 0.538. The van der Waals surface area contributed by atoms with Gasteiger partial charge in [0, 0.05) is 24.7 Å². The van der Waals surface area contributed by atoms with E-state index in [0.717, 1.165) is 29.9 Å². The Hall–Kier alpha value is -0.580. The van der Waals surface area contributed by atoms with E-state index in [4.69, 9.17) is 9.47 Å². The third-order valence-electron chi connectivity index (χ3n) is 2.11. The van der Waals surface area contributed by atoms with Crippen molar-refractivity contribution < 1.29 is 9.47 Å². The van der Waals surface area contributed by atoms with Gasteiger partial charge in [0.15, 0.2) is 0 Å². The largest absolute Gasteiger partial charge is 0.491 e. The lowest BCUT2D eigenvalue weighted by Gasteiger charge is -2.12. The van der Waals surface area contributed by atoms with Crippen molar-refractivity contribution in [3.8, 4) is 5.75 Å². The standard InChI is InChI=1S/C13H20BrNO2/c1-10(2)17-13-7-11(6-12(14)8-13)9-15-4-5-16-3/h6-8,10,15H,4-5,9H2,1-3H3. The molecule has 0 fully saturated rings. The van der Waals surface area contributed by atoms with Crippen LogP contribution in [0.4, 0.5) is 0 Å². The molecule has 96 valence electrons. The molecule has 0 aliphatic carbocycles. The molecule has 0 saturated carbocycles. The molecule has 0 aromatic heterocycles. The SMILES string of the molecule is COCCNCc1cc(Br)cc(OC(C)C)c1. The molecule has 0 bridgehead atoms. The van der Waals surface area contributed by atoms with Gasteiger partial charge in [-0.15, -0.1) is 0 Å². The second kappa shape index (κ2) is 7.69. The smallest absolute Gasteiger partial charge is 0.121 e. The second-order valence-corrected chi connectivity index (χ2v) is 5.05. The van der Waals surface area contributed by atoms with Crippen molar-refractivity contribution >= 4 is 15.9 Å². The van der Waals surface area contributed by atoms with Crippen molar-refractivity contribution in [3.05, 3.63) is 28.2 Å². The van der Waals surface area contributed by atoms with E-state index >= 15 is 0 Å². The summed E-state index contributed by atoms with van der Waals surface area (Å²) in [6.07, 6.45) is 0.193. The van der Waals surface area contributed by atoms with E-state index in [0.29, 0.717) is 0 Å². The average Bonchev–Trinajstić information content (AvgIpc) is 2.22. The lowest BCUT2D eigenvalue weighted by Crippen LogP contribution is -2.18. The Morgan fingerprint density at radius 3 is 2.71 bits per heavy atom. The summed E-state index contributed by atoms with van der Waals surface area (Å²) in [7, 11) is 1.70. The monoisotopic (exact) mass is 301 g/mol. The molecule has 0 aliphatic heterocycles. The van der Waals surface area contributed by atoms with Crippen molar-refractivity contribution in [1.29, 1.82) is 0 Å². The summed E-state index contributed by atoms with van der Waals surface area (Å²) < 4.78 is 11.7. The summed E-state index contributed by atoms with van der Waals surface area (Å²) in [5, 5.41) is 3.31. The number of methoxy groups -OCH3 is 1. The molecule has 3 nitrogen and oxygen atoms in total. The van der Waals surface area contributed by atoms with Gasteiger partial charge in [0.25, 0.3) is 0 Å². The van der Waals surface area contributed by atoms with Crippen molar-refractivity contribution in [1.82, 2.24) is 5.32 Å². The summed E-state index contributed by atoms with van der Waals surface area (Å²) >= 11 is 3.49. The Morgan fingerprint density at radius 1 is 1.29 bits per heavy atom. The third-order valence-corrected chi connectivity index (χ3v) is 2.57. The molecule has 4 heteroatoms. The lowest BCUT2D eigenvalue weighted by molar-refractivity contribution is 0.199. The average molecular weight is 302 g/mol. The zero-order valence-corrected chi connectivity index (χ0v) is 12.2. The molecule has 0 unspecified atom stereocenters. The number of hydrogen-bond acceptors (Lipinski definition) is 3. The minimum atomic E-state index is 0.193. The van der Waals surface area contributed by atoms with E-state index in [1.807, 2.05) is 19.9 Å². The van der Waals surface area contributed by atoms with E-state index in [2.05, 4.69) is 33.4 Å². The third kappa shape index (κ3) is 6.05. The predicted octanol–water partition coefficient (Wildman–Crippen LogP) is 2.97. The number of benzene rings is 1. The Labute approximate surface area is 112 Å². The maximum atomic E-state index is 5.68. The van der Waals surface area contributed by atoms with Gasteiger partial charge in [-0.05, 0) is 37.6 Å². The quantitative estimate of drug-likeness (QED) is 0.786. The minimum Gasteiger partial charge on any atom is -0.491 e. The normalized spacial score (nSPS) is 10.9. The highest BCUT2D eigenvalue weighted by Gasteiger charge is 2.02. The topological polar surface area (TPSA) is 30.5 Å². The first kappa shape index (κ1) is 14.5. The van der Waals surface area contributed by atoms with Crippen LogP contribution in [-0.4, -0.2) is 26.4 Å². The molecule has 0 radical (unpaired) electrons. The van der Waals surface area contributed by atoms with Gasteiger partial charge in [0.1, 0.15) is 5.75 Å². The van der Waals surface area contributed by atoms with Gasteiger partial charge in [0.2, 0.25) is 0 Å². The Kier molecular flexibility index (Phi) is 6.55. The van der Waals surface area contributed by atoms with Gasteiger partial charge in [-0.2, -0.15) is 0 Å². The van der Waals surface area contributed by atoms with Crippen LogP contribution in [-0.2, 0) is 11.3 Å². The molecule has 0 amide bonds. The van der Waals surface area contributed by atoms with Crippen LogP contribution in [0.2, 0.25) is 0 Å². The molecule has 1 aromatic rings. The molecule has 1 aromatic carbocycles. The van der Waals surface area contributed by atoms with E-state index < -0.39 is 0 Å². The number of halogens is 1. The van der Waals surface area contributed by atoms with Crippen LogP contribution in [0, 0.1) is 0 Å². The molecule has 17 heavy (non-hydrogen) atoms. The van der Waals surface area contributed by atoms with Crippen molar-refractivity contribution in [2.45, 2.75) is 26.5 Å². The number of rotatable bonds is 7. The van der Waals surface area contributed by atoms with Crippen LogP contribution in [0.25, 0.3) is 0 Å². The summed E-state index contributed by atoms with van der Waals surface area (Å²) in [6, 6.07) is 6.14. The number of ether oxygens (including phenoxy) is 2. The molecule has 1 rings (SSSR count). The van der Waals surface area contributed by atoms with Crippen molar-refractivity contribution in [2.24, 2.45) is 0 Å². The van der Waals surface area contributed by atoms with Crippen LogP contribution in [0.3, 0.4) is 0 Å². The van der Waals surface area contributed by atoms with Crippen molar-refractivity contribution in [2.75, 3.05) is 20.3 Å². The molecule has 0 heterocycles. The first-order valence-electron chi connectivity index (χ1n) is 5.77. The zero-order chi connectivity index (χ0) is 12.7. The summed E-state index contributed by atoms with van der Waals surface area (Å²) in [4.78, 5) is 0. The fourth-order valence-electron chi connectivity index (χ4n) is 1.47. The predicted molar refractivity (Wildman–Crippen MR) is 73.5 cm³/mol. The lowest BCUT2D eigenvalue weighted by atomic mass is 10.2. The van der Waals surface area contributed by atoms with Gasteiger partial charge in [-0.25, -0.2) is 0 Å². The van der Waals surface area contributed by atoms with Gasteiger partial charge >= 0.3 is 0 Å². The second-order valence-electron chi connectivity index (χ2n) is 4.13. The summed E-state index contributed by atoms with van der Waals surface area (Å²) in [5.74, 6) is 0.901. The van der Waals surface area contributed by atoms with Crippen LogP contribution < -0.4 is 10.1 Å². The maximum absolute atomic E-state index is 5.68. The first-order chi connectivity index (χ1) is 8.11. The van der Waals surface area contributed by atoms with Gasteiger partial charge in [-0.3, -0.25) is 0 Å². The molecular weight excluding hydrogens is 282 g/mol. The van der Waals surface area contributed by atoms with Gasteiger partial charge in [0.05, 0.1) is 12.7 Å². The van der Waals surface area contributed by atoms with E-state index in [-0.39, 0.29) is 6.10 Å². The highest BCUT2D eigenvalue weighted by atomic mass is 79.9. The fourth-order valence-corrected chi connectivity index (χ4v) is 1.99. The number of nitrogens with one attached hydrogen (secondary N) is 1. The molecule has 0 aliphatic rings. The van der Waals surface area contributed by atoms with Crippen molar-refractivity contribution in [3.63, 3.8) is 0 Å². The van der Waals surface area contributed by atoms with Crippen LogP contribution >= 0.6 is 15.9 Å². The molecule has 0 spiro atoms. The molecular formula is C13H20BrNO2. The highest BCUT2D eigenvalue weighted by molar-refractivity contribution is 9.10. The summed E-state index contributed by atoms with van der Waals surface area (Å²) in [5.41, 5.74) is 1.20. The van der Waals surface area contributed by atoms with Gasteiger partial charge < -0.3 is 14.8 Å². The highest BCUT2D eigenvalue weighted by Crippen LogP contribution is 2.22. The number of hydrogen-bond donors (Lipinski definition) is 1. The molecule has 1 N–H and O–H groups in total. The van der Waals surface area contributed by atoms with Gasteiger partial charge in [-0.1, -0.05) is 15.9 Å². The van der Waals surface area contributed by atoms with E-state index in [9.17, 15) is 0 Å². The first-order valence-corrected chi connectivity index (χ1v) is 6.57.